The van der Waals surface area contributed by atoms with Gasteiger partial charge in [-0.15, -0.1) is 0 Å². The van der Waals surface area contributed by atoms with Gasteiger partial charge in [0.1, 0.15) is 5.82 Å². The Balaban J connectivity index is 0.00000106. The van der Waals surface area contributed by atoms with Gasteiger partial charge in [0.2, 0.25) is 0 Å². The van der Waals surface area contributed by atoms with Crippen molar-refractivity contribution in [1.82, 2.24) is 0 Å². The normalized spacial score (nSPS) is 10.8. The van der Waals surface area contributed by atoms with Crippen molar-refractivity contribution in [2.75, 3.05) is 0 Å². The summed E-state index contributed by atoms with van der Waals surface area (Å²) in [6, 6.07) is 13.4. The highest BCUT2D eigenvalue weighted by atomic mass is 19.1. The van der Waals surface area contributed by atoms with Crippen LogP contribution in [0.2, 0.25) is 0 Å². The van der Waals surface area contributed by atoms with E-state index in [2.05, 4.69) is 45.9 Å². The highest BCUT2D eigenvalue weighted by Gasteiger charge is 2.20. The van der Waals surface area contributed by atoms with E-state index in [1.165, 1.54) is 17.2 Å². The van der Waals surface area contributed by atoms with Gasteiger partial charge in [-0.25, -0.2) is 4.39 Å². The van der Waals surface area contributed by atoms with E-state index in [9.17, 15) is 4.39 Å². The molecule has 114 valence electrons. The quantitative estimate of drug-likeness (QED) is 0.601. The molecule has 0 radical (unpaired) electrons. The predicted octanol–water partition coefficient (Wildman–Crippen LogP) is 6.38. The molecule has 0 fully saturated rings. The molecule has 0 atom stereocenters. The molecule has 0 N–H and O–H groups in total. The van der Waals surface area contributed by atoms with Crippen molar-refractivity contribution in [3.05, 3.63) is 59.4 Å². The van der Waals surface area contributed by atoms with Crippen LogP contribution < -0.4 is 0 Å². The van der Waals surface area contributed by atoms with E-state index >= 15 is 0 Å². The van der Waals surface area contributed by atoms with Gasteiger partial charge >= 0.3 is 0 Å². The highest BCUT2D eigenvalue weighted by molar-refractivity contribution is 5.69. The molecule has 21 heavy (non-hydrogen) atoms. The van der Waals surface area contributed by atoms with Crippen LogP contribution in [0.5, 0.6) is 0 Å². The van der Waals surface area contributed by atoms with Gasteiger partial charge in [-0.2, -0.15) is 0 Å². The van der Waals surface area contributed by atoms with Crippen molar-refractivity contribution < 1.29 is 4.39 Å². The van der Waals surface area contributed by atoms with Crippen molar-refractivity contribution in [3.63, 3.8) is 0 Å². The zero-order valence-corrected chi connectivity index (χ0v) is 14.1. The average molecular weight is 286 g/mol. The fourth-order valence-electron chi connectivity index (χ4n) is 2.35. The summed E-state index contributed by atoms with van der Waals surface area (Å²) in [6.07, 6.45) is 1.00. The fraction of sp³-hybridized carbons (Fsp3) is 0.400. The van der Waals surface area contributed by atoms with Crippen LogP contribution in [0.15, 0.2) is 42.5 Å². The van der Waals surface area contributed by atoms with E-state index in [0.29, 0.717) is 5.56 Å². The lowest BCUT2D eigenvalue weighted by atomic mass is 9.80. The van der Waals surface area contributed by atoms with Crippen molar-refractivity contribution in [2.24, 2.45) is 0 Å². The lowest BCUT2D eigenvalue weighted by Gasteiger charge is -2.24. The molecule has 1 heteroatoms. The molecule has 0 aromatic heterocycles. The first-order valence-electron chi connectivity index (χ1n) is 7.82. The Morgan fingerprint density at radius 2 is 1.52 bits per heavy atom. The largest absolute Gasteiger partial charge is 0.206 e. The van der Waals surface area contributed by atoms with Gasteiger partial charge in [-0.05, 0) is 34.6 Å². The summed E-state index contributed by atoms with van der Waals surface area (Å²) in [5.41, 5.74) is 4.20. The van der Waals surface area contributed by atoms with E-state index in [-0.39, 0.29) is 11.2 Å². The molecule has 0 nitrogen and oxygen atoms in total. The van der Waals surface area contributed by atoms with Gasteiger partial charge in [-0.3, -0.25) is 0 Å². The van der Waals surface area contributed by atoms with Crippen LogP contribution in [0, 0.1) is 5.82 Å². The first-order chi connectivity index (χ1) is 9.93. The monoisotopic (exact) mass is 286 g/mol. The predicted molar refractivity (Wildman–Crippen MR) is 91.3 cm³/mol. The third-order valence-electron chi connectivity index (χ3n) is 3.46. The van der Waals surface area contributed by atoms with Crippen LogP contribution in [0.4, 0.5) is 4.39 Å². The van der Waals surface area contributed by atoms with Crippen LogP contribution in [0.25, 0.3) is 11.1 Å². The Bertz CT molecular complexity index is 577. The maximum absolute atomic E-state index is 14.0. The molecular formula is C20H27F. The van der Waals surface area contributed by atoms with Gasteiger partial charge in [0.05, 0.1) is 0 Å². The molecule has 2 aromatic carbocycles. The summed E-state index contributed by atoms with van der Waals surface area (Å²) in [7, 11) is 0. The van der Waals surface area contributed by atoms with Crippen LogP contribution in [0.3, 0.4) is 0 Å². The molecule has 0 unspecified atom stereocenters. The molecule has 0 saturated heterocycles. The standard InChI is InChI=1S/C18H21F.C2H6/c1-5-13-10-11-14(16(12-13)18(2,3)4)15-8-6-7-9-17(15)19;1-2/h6-12H,5H2,1-4H3;1-2H3. The minimum Gasteiger partial charge on any atom is -0.206 e. The summed E-state index contributed by atoms with van der Waals surface area (Å²) in [5, 5.41) is 0. The van der Waals surface area contributed by atoms with Crippen LogP contribution in [0.1, 0.15) is 52.7 Å². The molecule has 0 bridgehead atoms. The molecule has 2 rings (SSSR count). The second-order valence-electron chi connectivity index (χ2n) is 5.96. The van der Waals surface area contributed by atoms with E-state index in [1.807, 2.05) is 26.0 Å². The van der Waals surface area contributed by atoms with Gasteiger partial charge in [0, 0.05) is 5.56 Å². The van der Waals surface area contributed by atoms with Gasteiger partial charge in [0.15, 0.2) is 0 Å². The van der Waals surface area contributed by atoms with E-state index in [1.54, 1.807) is 6.07 Å². The second-order valence-corrected chi connectivity index (χ2v) is 5.96. The Morgan fingerprint density at radius 3 is 2.05 bits per heavy atom. The Labute approximate surface area is 129 Å². The first kappa shape index (κ1) is 17.4. The average Bonchev–Trinajstić information content (AvgIpc) is 2.48. The Hall–Kier alpha value is -1.63. The fourth-order valence-corrected chi connectivity index (χ4v) is 2.35. The van der Waals surface area contributed by atoms with E-state index in [0.717, 1.165) is 12.0 Å². The number of benzene rings is 2. The molecular weight excluding hydrogens is 259 g/mol. The van der Waals surface area contributed by atoms with Crippen molar-refractivity contribution in [2.45, 2.75) is 53.4 Å². The molecule has 0 aliphatic carbocycles. The summed E-state index contributed by atoms with van der Waals surface area (Å²) in [4.78, 5) is 0. The van der Waals surface area contributed by atoms with Crippen LogP contribution in [-0.4, -0.2) is 0 Å². The smallest absolute Gasteiger partial charge is 0.131 e. The molecule has 2 aromatic rings. The zero-order valence-electron chi connectivity index (χ0n) is 14.1. The SMILES string of the molecule is CC.CCc1ccc(-c2ccccc2F)c(C(C)(C)C)c1. The summed E-state index contributed by atoms with van der Waals surface area (Å²) in [5.74, 6) is -0.155. The minimum atomic E-state index is -0.155. The van der Waals surface area contributed by atoms with Gasteiger partial charge in [-0.1, -0.05) is 77.9 Å². The van der Waals surface area contributed by atoms with Gasteiger partial charge < -0.3 is 0 Å². The zero-order chi connectivity index (χ0) is 16.0. The molecule has 0 amide bonds. The number of aryl methyl sites for hydroxylation is 1. The molecule has 0 heterocycles. The maximum atomic E-state index is 14.0. The third-order valence-corrected chi connectivity index (χ3v) is 3.46. The Morgan fingerprint density at radius 1 is 0.905 bits per heavy atom. The number of halogens is 1. The maximum Gasteiger partial charge on any atom is 0.131 e. The van der Waals surface area contributed by atoms with Gasteiger partial charge in [0.25, 0.3) is 0 Å². The lowest BCUT2D eigenvalue weighted by molar-refractivity contribution is 0.589. The summed E-state index contributed by atoms with van der Waals surface area (Å²) in [6.45, 7) is 12.7. The topological polar surface area (TPSA) is 0 Å². The minimum absolute atomic E-state index is 0.00277. The van der Waals surface area contributed by atoms with Crippen LogP contribution >= 0.6 is 0 Å². The van der Waals surface area contributed by atoms with Crippen molar-refractivity contribution in [1.29, 1.82) is 0 Å². The number of rotatable bonds is 2. The first-order valence-corrected chi connectivity index (χ1v) is 7.82. The molecule has 0 aliphatic rings. The summed E-state index contributed by atoms with van der Waals surface area (Å²) < 4.78 is 14.0. The van der Waals surface area contributed by atoms with E-state index in [4.69, 9.17) is 0 Å². The highest BCUT2D eigenvalue weighted by Crippen LogP contribution is 2.35. The molecule has 0 aliphatic heterocycles. The second kappa shape index (κ2) is 7.40. The van der Waals surface area contributed by atoms with Crippen molar-refractivity contribution in [3.8, 4) is 11.1 Å². The van der Waals surface area contributed by atoms with Crippen LogP contribution in [-0.2, 0) is 11.8 Å². The third kappa shape index (κ3) is 4.17. The summed E-state index contributed by atoms with van der Waals surface area (Å²) >= 11 is 0. The molecule has 0 spiro atoms. The number of hydrogen-bond donors (Lipinski definition) is 0. The van der Waals surface area contributed by atoms with Crippen molar-refractivity contribution >= 4 is 0 Å². The lowest BCUT2D eigenvalue weighted by Crippen LogP contribution is -2.13. The Kier molecular flexibility index (Phi) is 6.14. The number of hydrogen-bond acceptors (Lipinski definition) is 0. The van der Waals surface area contributed by atoms with E-state index < -0.39 is 0 Å². The molecule has 0 saturated carbocycles.